The van der Waals surface area contributed by atoms with E-state index in [9.17, 15) is 17.2 Å². The van der Waals surface area contributed by atoms with E-state index in [0.717, 1.165) is 24.3 Å². The van der Waals surface area contributed by atoms with Crippen LogP contribution in [0.4, 0.5) is 26.1 Å². The Hall–Kier alpha value is -3.59. The van der Waals surface area contributed by atoms with E-state index in [-0.39, 0.29) is 22.2 Å². The van der Waals surface area contributed by atoms with E-state index in [1.165, 1.54) is 18.2 Å². The zero-order valence-corrected chi connectivity index (χ0v) is 15.6. The van der Waals surface area contributed by atoms with Crippen molar-refractivity contribution < 1.29 is 17.2 Å². The molecule has 1 heterocycles. The molecule has 146 valence electrons. The van der Waals surface area contributed by atoms with Gasteiger partial charge in [-0.2, -0.15) is 0 Å². The van der Waals surface area contributed by atoms with E-state index in [1.807, 2.05) is 0 Å². The molecular weight excluding hydrogens is 398 g/mol. The molecule has 0 aliphatic rings. The van der Waals surface area contributed by atoms with Gasteiger partial charge in [0.25, 0.3) is 10.0 Å². The van der Waals surface area contributed by atoms with Crippen LogP contribution < -0.4 is 10.0 Å². The minimum atomic E-state index is -4.08. The van der Waals surface area contributed by atoms with Crippen LogP contribution in [-0.2, 0) is 10.0 Å². The molecule has 29 heavy (non-hydrogen) atoms. The Morgan fingerprint density at radius 2 is 1.31 bits per heavy atom. The van der Waals surface area contributed by atoms with Crippen molar-refractivity contribution in [2.45, 2.75) is 4.90 Å². The number of nitrogens with one attached hydrogen (secondary N) is 2. The van der Waals surface area contributed by atoms with E-state index in [1.54, 1.807) is 30.3 Å². The van der Waals surface area contributed by atoms with Crippen molar-refractivity contribution in [3.8, 4) is 0 Å². The molecule has 1 aromatic heterocycles. The first-order valence-corrected chi connectivity index (χ1v) is 9.97. The number of sulfonamides is 1. The highest BCUT2D eigenvalue weighted by Gasteiger charge is 2.19. The lowest BCUT2D eigenvalue weighted by Crippen LogP contribution is -2.16. The summed E-state index contributed by atoms with van der Waals surface area (Å²) in [5, 5.41) is 2.78. The molecule has 0 spiro atoms. The van der Waals surface area contributed by atoms with E-state index < -0.39 is 21.7 Å². The summed E-state index contributed by atoms with van der Waals surface area (Å²) in [5.74, 6) is -1.18. The number of hydrogen-bond donors (Lipinski definition) is 2. The Morgan fingerprint density at radius 1 is 0.724 bits per heavy atom. The SMILES string of the molecule is O=S(=O)(Nc1nc2ccccc2nc1Nc1ccccc1F)c1ccc(F)cc1. The predicted octanol–water partition coefficient (Wildman–Crippen LogP) is 4.45. The summed E-state index contributed by atoms with van der Waals surface area (Å²) in [4.78, 5) is 8.55. The van der Waals surface area contributed by atoms with Gasteiger partial charge in [0, 0.05) is 0 Å². The van der Waals surface area contributed by atoms with E-state index in [2.05, 4.69) is 20.0 Å². The van der Waals surface area contributed by atoms with Crippen molar-refractivity contribution in [3.63, 3.8) is 0 Å². The first kappa shape index (κ1) is 18.8. The summed E-state index contributed by atoms with van der Waals surface area (Å²) in [6.45, 7) is 0. The lowest BCUT2D eigenvalue weighted by molar-refractivity contribution is 0.599. The number of halogens is 2. The number of benzene rings is 3. The number of aromatic nitrogens is 2. The minimum absolute atomic E-state index is 0.0273. The highest BCUT2D eigenvalue weighted by molar-refractivity contribution is 7.92. The molecule has 0 amide bonds. The van der Waals surface area contributed by atoms with Crippen LogP contribution in [0, 0.1) is 11.6 Å². The normalized spacial score (nSPS) is 11.4. The fourth-order valence-corrected chi connectivity index (χ4v) is 3.66. The van der Waals surface area contributed by atoms with Gasteiger partial charge >= 0.3 is 0 Å². The van der Waals surface area contributed by atoms with Gasteiger partial charge in [0.15, 0.2) is 11.6 Å². The summed E-state index contributed by atoms with van der Waals surface area (Å²) in [5.41, 5.74) is 1.05. The number of fused-ring (bicyclic) bond motifs is 1. The maximum atomic E-state index is 14.1. The Kier molecular flexibility index (Phi) is 4.81. The molecule has 0 unspecified atom stereocenters. The largest absolute Gasteiger partial charge is 0.335 e. The Balaban J connectivity index is 1.79. The smallest absolute Gasteiger partial charge is 0.263 e. The highest BCUT2D eigenvalue weighted by Crippen LogP contribution is 2.28. The summed E-state index contributed by atoms with van der Waals surface area (Å²) in [6, 6.07) is 17.1. The molecule has 9 heteroatoms. The van der Waals surface area contributed by atoms with Gasteiger partial charge in [-0.1, -0.05) is 24.3 Å². The lowest BCUT2D eigenvalue weighted by atomic mass is 10.3. The second kappa shape index (κ2) is 7.44. The molecule has 0 saturated heterocycles. The molecule has 0 atom stereocenters. The maximum Gasteiger partial charge on any atom is 0.263 e. The molecule has 0 aliphatic carbocycles. The first-order chi connectivity index (χ1) is 13.9. The monoisotopic (exact) mass is 412 g/mol. The number of rotatable bonds is 5. The first-order valence-electron chi connectivity index (χ1n) is 8.49. The second-order valence-corrected chi connectivity index (χ2v) is 7.76. The molecule has 4 rings (SSSR count). The maximum absolute atomic E-state index is 14.1. The topological polar surface area (TPSA) is 84.0 Å². The van der Waals surface area contributed by atoms with Crippen molar-refractivity contribution in [1.29, 1.82) is 0 Å². The molecule has 0 fully saturated rings. The van der Waals surface area contributed by atoms with Gasteiger partial charge in [0.2, 0.25) is 0 Å². The van der Waals surface area contributed by atoms with Crippen LogP contribution in [0.1, 0.15) is 0 Å². The minimum Gasteiger partial charge on any atom is -0.335 e. The van der Waals surface area contributed by atoms with Gasteiger partial charge in [0.1, 0.15) is 11.6 Å². The van der Waals surface area contributed by atoms with Crippen LogP contribution in [0.5, 0.6) is 0 Å². The fraction of sp³-hybridized carbons (Fsp3) is 0. The fourth-order valence-electron chi connectivity index (χ4n) is 2.65. The summed E-state index contributed by atoms with van der Waals surface area (Å²) in [7, 11) is -4.08. The molecular formula is C20H14F2N4O2S. The summed E-state index contributed by atoms with van der Waals surface area (Å²) >= 11 is 0. The number of para-hydroxylation sites is 3. The van der Waals surface area contributed by atoms with Gasteiger partial charge < -0.3 is 5.32 Å². The van der Waals surface area contributed by atoms with Crippen molar-refractivity contribution >= 4 is 38.4 Å². The average molecular weight is 412 g/mol. The third-order valence-corrected chi connectivity index (χ3v) is 5.41. The zero-order chi connectivity index (χ0) is 20.4. The van der Waals surface area contributed by atoms with Gasteiger partial charge in [-0.05, 0) is 48.5 Å². The summed E-state index contributed by atoms with van der Waals surface area (Å²) < 4.78 is 55.0. The number of hydrogen-bond acceptors (Lipinski definition) is 5. The zero-order valence-electron chi connectivity index (χ0n) is 14.8. The number of nitrogens with zero attached hydrogens (tertiary/aromatic N) is 2. The van der Waals surface area contributed by atoms with Crippen molar-refractivity contribution in [2.24, 2.45) is 0 Å². The summed E-state index contributed by atoms with van der Waals surface area (Å²) in [6.07, 6.45) is 0. The van der Waals surface area contributed by atoms with Crippen molar-refractivity contribution in [3.05, 3.63) is 84.4 Å². The van der Waals surface area contributed by atoms with Crippen LogP contribution in [-0.4, -0.2) is 18.4 Å². The van der Waals surface area contributed by atoms with Gasteiger partial charge in [-0.15, -0.1) is 0 Å². The van der Waals surface area contributed by atoms with Gasteiger partial charge in [-0.25, -0.2) is 27.2 Å². The third kappa shape index (κ3) is 3.99. The van der Waals surface area contributed by atoms with E-state index in [4.69, 9.17) is 0 Å². The van der Waals surface area contributed by atoms with Gasteiger partial charge in [-0.3, -0.25) is 4.72 Å². The van der Waals surface area contributed by atoms with Crippen LogP contribution >= 0.6 is 0 Å². The molecule has 3 aromatic carbocycles. The molecule has 4 aromatic rings. The molecule has 0 bridgehead atoms. The van der Waals surface area contributed by atoms with Crippen LogP contribution in [0.15, 0.2) is 77.7 Å². The Morgan fingerprint density at radius 3 is 1.97 bits per heavy atom. The van der Waals surface area contributed by atoms with E-state index >= 15 is 0 Å². The molecule has 0 saturated carbocycles. The molecule has 2 N–H and O–H groups in total. The van der Waals surface area contributed by atoms with Crippen LogP contribution in [0.2, 0.25) is 0 Å². The third-order valence-electron chi connectivity index (χ3n) is 4.05. The Bertz CT molecular complexity index is 1300. The van der Waals surface area contributed by atoms with Crippen LogP contribution in [0.3, 0.4) is 0 Å². The van der Waals surface area contributed by atoms with Crippen molar-refractivity contribution in [2.75, 3.05) is 10.0 Å². The van der Waals surface area contributed by atoms with Gasteiger partial charge in [0.05, 0.1) is 21.6 Å². The second-order valence-electron chi connectivity index (χ2n) is 6.07. The highest BCUT2D eigenvalue weighted by atomic mass is 32.2. The quantitative estimate of drug-likeness (QED) is 0.506. The average Bonchev–Trinajstić information content (AvgIpc) is 2.70. The van der Waals surface area contributed by atoms with E-state index in [0.29, 0.717) is 11.0 Å². The number of anilines is 3. The Labute approximate surface area is 165 Å². The van der Waals surface area contributed by atoms with Crippen molar-refractivity contribution in [1.82, 2.24) is 9.97 Å². The molecule has 0 aliphatic heterocycles. The lowest BCUT2D eigenvalue weighted by Gasteiger charge is -2.14. The molecule has 6 nitrogen and oxygen atoms in total. The molecule has 0 radical (unpaired) electrons. The predicted molar refractivity (Wildman–Crippen MR) is 106 cm³/mol. The standard InChI is InChI=1S/C20H14F2N4O2S/c21-13-9-11-14(12-10-13)29(27,28)26-20-19(23-16-6-2-1-5-15(16)22)24-17-7-3-4-8-18(17)25-20/h1-12H,(H,23,24)(H,25,26). The van der Waals surface area contributed by atoms with Crippen LogP contribution in [0.25, 0.3) is 11.0 Å².